The molecule has 4 heterocycles. The van der Waals surface area contributed by atoms with Crippen molar-refractivity contribution in [2.24, 2.45) is 4.36 Å². The SMILES string of the molecule is CCOc1cn2ncc(C#N)c2c(-c2ccc(N3CCS(=O)(=NCc4ccc(OC)cc4)CC3)nc2)n1. The zero-order valence-corrected chi connectivity index (χ0v) is 21.5. The van der Waals surface area contributed by atoms with Crippen molar-refractivity contribution in [3.05, 3.63) is 66.1 Å². The average molecular weight is 518 g/mol. The first-order valence-corrected chi connectivity index (χ1v) is 13.8. The summed E-state index contributed by atoms with van der Waals surface area (Å²) in [5.41, 5.74) is 3.38. The smallest absolute Gasteiger partial charge is 0.232 e. The molecule has 11 heteroatoms. The zero-order valence-electron chi connectivity index (χ0n) is 20.7. The molecule has 0 bridgehead atoms. The molecule has 3 aromatic heterocycles. The van der Waals surface area contributed by atoms with Crippen molar-refractivity contribution in [2.75, 3.05) is 43.2 Å². The molecule has 37 heavy (non-hydrogen) atoms. The number of aromatic nitrogens is 4. The number of rotatable bonds is 7. The van der Waals surface area contributed by atoms with E-state index in [1.54, 1.807) is 24.0 Å². The molecule has 1 aromatic carbocycles. The number of methoxy groups -OCH3 is 1. The van der Waals surface area contributed by atoms with Crippen molar-refractivity contribution < 1.29 is 13.7 Å². The Morgan fingerprint density at radius 1 is 1.14 bits per heavy atom. The molecule has 4 aromatic rings. The van der Waals surface area contributed by atoms with Crippen LogP contribution in [0.25, 0.3) is 16.8 Å². The van der Waals surface area contributed by atoms with Crippen LogP contribution in [0.4, 0.5) is 5.82 Å². The second-order valence-corrected chi connectivity index (χ2v) is 11.2. The molecule has 0 unspecified atom stereocenters. The number of benzene rings is 1. The van der Waals surface area contributed by atoms with Crippen LogP contribution in [-0.2, 0) is 16.3 Å². The minimum atomic E-state index is -2.27. The summed E-state index contributed by atoms with van der Waals surface area (Å²) in [6.45, 7) is 4.00. The molecule has 1 fully saturated rings. The highest BCUT2D eigenvalue weighted by molar-refractivity contribution is 7.93. The van der Waals surface area contributed by atoms with Gasteiger partial charge in [0.2, 0.25) is 5.88 Å². The van der Waals surface area contributed by atoms with Crippen molar-refractivity contribution in [2.45, 2.75) is 13.5 Å². The molecular weight excluding hydrogens is 490 g/mol. The van der Waals surface area contributed by atoms with Crippen LogP contribution in [0.2, 0.25) is 0 Å². The van der Waals surface area contributed by atoms with E-state index in [4.69, 9.17) is 9.47 Å². The van der Waals surface area contributed by atoms with Gasteiger partial charge in [0.05, 0.1) is 42.4 Å². The van der Waals surface area contributed by atoms with Gasteiger partial charge < -0.3 is 14.4 Å². The number of nitrogens with zero attached hydrogens (tertiary/aromatic N) is 7. The number of hydrogen-bond donors (Lipinski definition) is 0. The van der Waals surface area contributed by atoms with E-state index in [0.717, 1.165) is 22.7 Å². The van der Waals surface area contributed by atoms with Crippen molar-refractivity contribution in [1.82, 2.24) is 19.6 Å². The molecule has 0 amide bonds. The molecular formula is C26H27N7O3S. The van der Waals surface area contributed by atoms with Crippen LogP contribution in [-0.4, -0.2) is 62.1 Å². The summed E-state index contributed by atoms with van der Waals surface area (Å²) in [5, 5.41) is 13.8. The third-order valence-corrected chi connectivity index (χ3v) is 8.47. The molecule has 0 spiro atoms. The molecule has 0 atom stereocenters. The maximum atomic E-state index is 13.3. The van der Waals surface area contributed by atoms with E-state index in [1.807, 2.05) is 43.3 Å². The summed E-state index contributed by atoms with van der Waals surface area (Å²) in [7, 11) is -0.641. The first-order valence-electron chi connectivity index (χ1n) is 12.0. The van der Waals surface area contributed by atoms with Gasteiger partial charge in [-0.1, -0.05) is 12.1 Å². The summed E-state index contributed by atoms with van der Waals surface area (Å²) < 4.78 is 30.2. The summed E-state index contributed by atoms with van der Waals surface area (Å²) in [4.78, 5) is 11.4. The lowest BCUT2D eigenvalue weighted by Crippen LogP contribution is -2.40. The summed E-state index contributed by atoms with van der Waals surface area (Å²) in [6, 6.07) is 13.7. The molecule has 1 aliphatic rings. The van der Waals surface area contributed by atoms with Crippen LogP contribution in [0.3, 0.4) is 0 Å². The lowest BCUT2D eigenvalue weighted by Gasteiger charge is -2.29. The Bertz CT molecular complexity index is 1550. The van der Waals surface area contributed by atoms with Crippen molar-refractivity contribution >= 4 is 21.1 Å². The van der Waals surface area contributed by atoms with E-state index < -0.39 is 9.73 Å². The Morgan fingerprint density at radius 2 is 1.92 bits per heavy atom. The molecule has 0 radical (unpaired) electrons. The lowest BCUT2D eigenvalue weighted by molar-refractivity contribution is 0.325. The van der Waals surface area contributed by atoms with Gasteiger partial charge in [0.1, 0.15) is 34.4 Å². The maximum Gasteiger partial charge on any atom is 0.232 e. The van der Waals surface area contributed by atoms with Gasteiger partial charge in [-0.05, 0) is 36.8 Å². The fourth-order valence-corrected chi connectivity index (χ4v) is 6.07. The highest BCUT2D eigenvalue weighted by atomic mass is 32.2. The Hall–Kier alpha value is -4.17. The van der Waals surface area contributed by atoms with Crippen LogP contribution in [0.1, 0.15) is 18.1 Å². The minimum Gasteiger partial charge on any atom is -0.497 e. The molecule has 190 valence electrons. The van der Waals surface area contributed by atoms with Crippen LogP contribution < -0.4 is 14.4 Å². The van der Waals surface area contributed by atoms with Crippen LogP contribution >= 0.6 is 0 Å². The van der Waals surface area contributed by atoms with E-state index in [0.29, 0.717) is 60.4 Å². The van der Waals surface area contributed by atoms with E-state index in [2.05, 4.69) is 30.4 Å². The largest absolute Gasteiger partial charge is 0.497 e. The van der Waals surface area contributed by atoms with Crippen molar-refractivity contribution in [1.29, 1.82) is 5.26 Å². The van der Waals surface area contributed by atoms with Gasteiger partial charge >= 0.3 is 0 Å². The minimum absolute atomic E-state index is 0.422. The van der Waals surface area contributed by atoms with Gasteiger partial charge in [0.25, 0.3) is 0 Å². The number of hydrogen-bond acceptors (Lipinski definition) is 9. The van der Waals surface area contributed by atoms with Crippen LogP contribution in [0.5, 0.6) is 11.6 Å². The van der Waals surface area contributed by atoms with E-state index in [-0.39, 0.29) is 0 Å². The Morgan fingerprint density at radius 3 is 2.57 bits per heavy atom. The normalized spacial score (nSPS) is 14.8. The van der Waals surface area contributed by atoms with E-state index in [1.165, 1.54) is 6.20 Å². The number of ether oxygens (including phenoxy) is 2. The van der Waals surface area contributed by atoms with Gasteiger partial charge in [-0.25, -0.2) is 23.1 Å². The Labute approximate surface area is 215 Å². The number of nitriles is 1. The molecule has 0 saturated carbocycles. The molecule has 1 saturated heterocycles. The maximum absolute atomic E-state index is 13.3. The van der Waals surface area contributed by atoms with Gasteiger partial charge in [-0.2, -0.15) is 10.4 Å². The van der Waals surface area contributed by atoms with Crippen LogP contribution in [0.15, 0.2) is 59.4 Å². The van der Waals surface area contributed by atoms with Gasteiger partial charge in [0.15, 0.2) is 0 Å². The fraction of sp³-hybridized carbons (Fsp3) is 0.308. The quantitative estimate of drug-likeness (QED) is 0.365. The second kappa shape index (κ2) is 10.4. The molecule has 0 aliphatic carbocycles. The van der Waals surface area contributed by atoms with Gasteiger partial charge in [-0.3, -0.25) is 0 Å². The highest BCUT2D eigenvalue weighted by Crippen LogP contribution is 2.28. The summed E-state index contributed by atoms with van der Waals surface area (Å²) in [6.07, 6.45) is 4.92. The lowest BCUT2D eigenvalue weighted by atomic mass is 10.1. The third kappa shape index (κ3) is 5.20. The zero-order chi connectivity index (χ0) is 25.8. The van der Waals surface area contributed by atoms with Gasteiger partial charge in [-0.15, -0.1) is 0 Å². The highest BCUT2D eigenvalue weighted by Gasteiger charge is 2.22. The fourth-order valence-electron chi connectivity index (χ4n) is 4.21. The van der Waals surface area contributed by atoms with Crippen LogP contribution in [0, 0.1) is 11.3 Å². The summed E-state index contributed by atoms with van der Waals surface area (Å²) >= 11 is 0. The summed E-state index contributed by atoms with van der Waals surface area (Å²) in [5.74, 6) is 2.99. The number of pyridine rings is 1. The molecule has 10 nitrogen and oxygen atoms in total. The molecule has 5 rings (SSSR count). The van der Waals surface area contributed by atoms with Crippen molar-refractivity contribution in [3.8, 4) is 29.0 Å². The second-order valence-electron chi connectivity index (χ2n) is 8.53. The number of anilines is 1. The first-order chi connectivity index (χ1) is 18.0. The Kier molecular flexibility index (Phi) is 6.92. The monoisotopic (exact) mass is 517 g/mol. The Balaban J connectivity index is 1.31. The average Bonchev–Trinajstić information content (AvgIpc) is 3.36. The third-order valence-electron chi connectivity index (χ3n) is 6.23. The van der Waals surface area contributed by atoms with E-state index >= 15 is 0 Å². The first kappa shape index (κ1) is 24.5. The molecule has 0 N–H and O–H groups in total. The predicted molar refractivity (Wildman–Crippen MR) is 141 cm³/mol. The standard InChI is InChI=1S/C26H27N7O3S/c1-3-36-24-18-33-26(21(14-27)17-29-33)25(31-24)20-6-9-23(28-16-20)32-10-12-37(34,13-11-32)30-15-19-4-7-22(35-2)8-5-19/h4-9,16-18H,3,10-13,15H2,1-2H3. The van der Waals surface area contributed by atoms with Crippen molar-refractivity contribution in [3.63, 3.8) is 0 Å². The topological polar surface area (TPSA) is 118 Å². The number of fused-ring (bicyclic) bond motifs is 1. The molecule has 1 aliphatic heterocycles. The predicted octanol–water partition coefficient (Wildman–Crippen LogP) is 3.56. The van der Waals surface area contributed by atoms with Gasteiger partial charge in [0, 0.05) is 36.4 Å². The van der Waals surface area contributed by atoms with E-state index in [9.17, 15) is 9.47 Å².